The number of aryl methyl sites for hydroxylation is 3. The van der Waals surface area contributed by atoms with E-state index in [9.17, 15) is 14.4 Å². The maximum Gasteiger partial charge on any atom is 0.336 e. The van der Waals surface area contributed by atoms with Crippen LogP contribution >= 0.6 is 11.3 Å². The van der Waals surface area contributed by atoms with Crippen molar-refractivity contribution in [2.75, 3.05) is 0 Å². The van der Waals surface area contributed by atoms with Crippen LogP contribution in [0.5, 0.6) is 0 Å². The Morgan fingerprint density at radius 3 is 2.86 bits per heavy atom. The summed E-state index contributed by atoms with van der Waals surface area (Å²) in [4.78, 5) is 41.3. The van der Waals surface area contributed by atoms with Gasteiger partial charge >= 0.3 is 11.6 Å². The quantitative estimate of drug-likeness (QED) is 0.370. The molecule has 0 aliphatic heterocycles. The second-order valence-corrected chi connectivity index (χ2v) is 7.66. The lowest BCUT2D eigenvalue weighted by Gasteiger charge is -2.10. The van der Waals surface area contributed by atoms with E-state index in [-0.39, 0.29) is 25.1 Å². The molecule has 148 valence electrons. The first-order valence-electron chi connectivity index (χ1n) is 9.05. The molecule has 0 amide bonds. The summed E-state index contributed by atoms with van der Waals surface area (Å²) in [5.41, 5.74) is 2.32. The smallest absolute Gasteiger partial charge is 0.336 e. The minimum atomic E-state index is -0.487. The maximum atomic E-state index is 12.4. The van der Waals surface area contributed by atoms with Crippen LogP contribution in [-0.4, -0.2) is 15.5 Å². The highest BCUT2D eigenvalue weighted by Crippen LogP contribution is 2.23. The van der Waals surface area contributed by atoms with Crippen LogP contribution in [0.2, 0.25) is 0 Å². The largest absolute Gasteiger partial charge is 0.461 e. The summed E-state index contributed by atoms with van der Waals surface area (Å²) in [6.45, 7) is 3.95. The Bertz CT molecular complexity index is 1350. The third-order valence-corrected chi connectivity index (χ3v) is 5.73. The summed E-state index contributed by atoms with van der Waals surface area (Å²) < 4.78 is 12.1. The molecular formula is C21H18N2O5S. The molecule has 0 bridgehead atoms. The summed E-state index contributed by atoms with van der Waals surface area (Å²) >= 11 is 1.39. The van der Waals surface area contributed by atoms with Crippen molar-refractivity contribution >= 4 is 38.5 Å². The third-order valence-electron chi connectivity index (χ3n) is 4.91. The molecule has 0 unspecified atom stereocenters. The molecule has 0 radical (unpaired) electrons. The predicted octanol–water partition coefficient (Wildman–Crippen LogP) is 3.31. The van der Waals surface area contributed by atoms with Crippen molar-refractivity contribution in [3.63, 3.8) is 0 Å². The minimum Gasteiger partial charge on any atom is -0.461 e. The highest BCUT2D eigenvalue weighted by atomic mass is 32.1. The van der Waals surface area contributed by atoms with Gasteiger partial charge in [-0.25, -0.2) is 9.78 Å². The average molecular weight is 410 g/mol. The Morgan fingerprint density at radius 1 is 1.21 bits per heavy atom. The summed E-state index contributed by atoms with van der Waals surface area (Å²) in [5.74, 6) is -0.465. The molecule has 0 saturated carbocycles. The van der Waals surface area contributed by atoms with E-state index in [0.717, 1.165) is 16.5 Å². The van der Waals surface area contributed by atoms with Crippen molar-refractivity contribution in [1.29, 1.82) is 0 Å². The number of aromatic nitrogens is 2. The number of fused-ring (bicyclic) bond motifs is 2. The Kier molecular flexibility index (Phi) is 5.02. The molecule has 0 N–H and O–H groups in total. The number of hydrogen-bond donors (Lipinski definition) is 0. The van der Waals surface area contributed by atoms with Crippen molar-refractivity contribution in [3.05, 3.63) is 73.4 Å². The van der Waals surface area contributed by atoms with Crippen molar-refractivity contribution in [3.8, 4) is 0 Å². The Labute approximate surface area is 169 Å². The Hall–Kier alpha value is -3.26. The van der Waals surface area contributed by atoms with Crippen LogP contribution in [0.1, 0.15) is 23.1 Å². The fourth-order valence-corrected chi connectivity index (χ4v) is 3.86. The SMILES string of the molecule is Cc1ccc2c(COC(=O)CCn3cnc4sccc4c3=O)cc(=O)oc2c1C. The molecule has 0 aliphatic rings. The van der Waals surface area contributed by atoms with Crippen LogP contribution in [0, 0.1) is 13.8 Å². The van der Waals surface area contributed by atoms with Gasteiger partial charge < -0.3 is 9.15 Å². The lowest BCUT2D eigenvalue weighted by molar-refractivity contribution is -0.145. The van der Waals surface area contributed by atoms with Crippen LogP contribution in [0.4, 0.5) is 0 Å². The van der Waals surface area contributed by atoms with E-state index in [1.807, 2.05) is 31.4 Å². The Morgan fingerprint density at radius 2 is 2.03 bits per heavy atom. The molecule has 4 aromatic rings. The highest BCUT2D eigenvalue weighted by Gasteiger charge is 2.12. The van der Waals surface area contributed by atoms with Gasteiger partial charge in [0.15, 0.2) is 0 Å². The summed E-state index contributed by atoms with van der Waals surface area (Å²) in [7, 11) is 0. The van der Waals surface area contributed by atoms with Crippen molar-refractivity contribution in [2.45, 2.75) is 33.4 Å². The molecule has 1 aromatic carbocycles. The molecule has 8 heteroatoms. The number of nitrogens with zero attached hydrogens (tertiary/aromatic N) is 2. The van der Waals surface area contributed by atoms with Crippen LogP contribution in [0.15, 0.2) is 50.0 Å². The van der Waals surface area contributed by atoms with Gasteiger partial charge in [-0.15, -0.1) is 11.3 Å². The first kappa shape index (κ1) is 19.1. The maximum absolute atomic E-state index is 12.4. The predicted molar refractivity (Wildman–Crippen MR) is 110 cm³/mol. The number of rotatable bonds is 5. The first-order valence-corrected chi connectivity index (χ1v) is 9.93. The van der Waals surface area contributed by atoms with E-state index < -0.39 is 11.6 Å². The molecule has 0 atom stereocenters. The highest BCUT2D eigenvalue weighted by molar-refractivity contribution is 7.16. The van der Waals surface area contributed by atoms with E-state index in [4.69, 9.17) is 9.15 Å². The van der Waals surface area contributed by atoms with Gasteiger partial charge in [0, 0.05) is 23.6 Å². The number of thiophene rings is 1. The van der Waals surface area contributed by atoms with E-state index in [2.05, 4.69) is 4.98 Å². The van der Waals surface area contributed by atoms with E-state index in [1.54, 1.807) is 6.07 Å². The molecule has 3 aromatic heterocycles. The Balaban J connectivity index is 1.47. The second-order valence-electron chi connectivity index (χ2n) is 6.77. The average Bonchev–Trinajstić information content (AvgIpc) is 3.18. The topological polar surface area (TPSA) is 91.4 Å². The van der Waals surface area contributed by atoms with Gasteiger partial charge in [0.25, 0.3) is 5.56 Å². The zero-order valence-corrected chi connectivity index (χ0v) is 16.7. The standard InChI is InChI=1S/C21H18N2O5S/c1-12-3-4-15-14(9-18(25)28-19(15)13(12)2)10-27-17(24)5-7-23-11-22-20-16(21(23)26)6-8-29-20/h3-4,6,8-9,11H,5,7,10H2,1-2H3. The van der Waals surface area contributed by atoms with Gasteiger partial charge in [0.2, 0.25) is 0 Å². The molecule has 3 heterocycles. The summed E-state index contributed by atoms with van der Waals surface area (Å²) in [6.07, 6.45) is 1.46. The molecule has 4 rings (SSSR count). The normalized spacial score (nSPS) is 11.2. The van der Waals surface area contributed by atoms with Gasteiger partial charge in [0.05, 0.1) is 18.1 Å². The summed E-state index contributed by atoms with van der Waals surface area (Å²) in [5, 5.41) is 3.09. The number of esters is 1. The molecule has 7 nitrogen and oxygen atoms in total. The molecule has 0 saturated heterocycles. The van der Waals surface area contributed by atoms with E-state index in [1.165, 1.54) is 28.3 Å². The number of ether oxygens (including phenoxy) is 1. The molecular weight excluding hydrogens is 392 g/mol. The zero-order chi connectivity index (χ0) is 20.5. The van der Waals surface area contributed by atoms with Crippen LogP contribution < -0.4 is 11.2 Å². The molecule has 0 fully saturated rings. The van der Waals surface area contributed by atoms with Gasteiger partial charge in [-0.05, 0) is 36.4 Å². The van der Waals surface area contributed by atoms with Gasteiger partial charge in [-0.1, -0.05) is 12.1 Å². The van der Waals surface area contributed by atoms with Crippen LogP contribution in [0.25, 0.3) is 21.2 Å². The van der Waals surface area contributed by atoms with E-state index in [0.29, 0.717) is 21.4 Å². The number of carbonyl (C=O) groups excluding carboxylic acids is 1. The number of hydrogen-bond acceptors (Lipinski definition) is 7. The number of carbonyl (C=O) groups is 1. The minimum absolute atomic E-state index is 0.0226. The van der Waals surface area contributed by atoms with Gasteiger partial charge in [-0.3, -0.25) is 14.2 Å². The van der Waals surface area contributed by atoms with E-state index >= 15 is 0 Å². The monoisotopic (exact) mass is 410 g/mol. The fraction of sp³-hybridized carbons (Fsp3) is 0.238. The van der Waals surface area contributed by atoms with Crippen LogP contribution in [-0.2, 0) is 22.7 Å². The fourth-order valence-electron chi connectivity index (χ4n) is 3.14. The lowest BCUT2D eigenvalue weighted by Crippen LogP contribution is -2.22. The molecule has 0 spiro atoms. The van der Waals surface area contributed by atoms with Crippen molar-refractivity contribution in [2.24, 2.45) is 0 Å². The second kappa shape index (κ2) is 7.63. The first-order chi connectivity index (χ1) is 13.9. The summed E-state index contributed by atoms with van der Waals surface area (Å²) in [6, 6.07) is 6.84. The van der Waals surface area contributed by atoms with Crippen molar-refractivity contribution < 1.29 is 13.9 Å². The van der Waals surface area contributed by atoms with Gasteiger partial charge in [0.1, 0.15) is 17.0 Å². The lowest BCUT2D eigenvalue weighted by atomic mass is 10.0. The molecule has 0 aliphatic carbocycles. The van der Waals surface area contributed by atoms with Crippen molar-refractivity contribution in [1.82, 2.24) is 9.55 Å². The number of benzene rings is 1. The van der Waals surface area contributed by atoms with Crippen LogP contribution in [0.3, 0.4) is 0 Å². The zero-order valence-electron chi connectivity index (χ0n) is 15.9. The van der Waals surface area contributed by atoms with Gasteiger partial charge in [-0.2, -0.15) is 0 Å². The molecule has 29 heavy (non-hydrogen) atoms. The third kappa shape index (κ3) is 3.71.